The smallest absolute Gasteiger partial charge is 0.146 e. The molecule has 0 unspecified atom stereocenters. The zero-order chi connectivity index (χ0) is 18.7. The first-order chi connectivity index (χ1) is 13.8. The van der Waals surface area contributed by atoms with Crippen LogP contribution in [0.4, 0.5) is 0 Å². The van der Waals surface area contributed by atoms with E-state index in [0.717, 1.165) is 32.8 Å². The zero-order valence-corrected chi connectivity index (χ0v) is 15.7. The van der Waals surface area contributed by atoms with Gasteiger partial charge in [0.05, 0.1) is 16.6 Å². The minimum absolute atomic E-state index is 0.749. The highest BCUT2D eigenvalue weighted by Crippen LogP contribution is 2.34. The van der Waals surface area contributed by atoms with Gasteiger partial charge >= 0.3 is 0 Å². The van der Waals surface area contributed by atoms with Gasteiger partial charge in [0.15, 0.2) is 0 Å². The first-order valence-electron chi connectivity index (χ1n) is 9.27. The summed E-state index contributed by atoms with van der Waals surface area (Å²) in [6.45, 7) is 0. The van der Waals surface area contributed by atoms with Crippen LogP contribution in [-0.2, 0) is 0 Å². The molecule has 0 spiro atoms. The second-order valence-corrected chi connectivity index (χ2v) is 7.48. The molecule has 4 aromatic carbocycles. The van der Waals surface area contributed by atoms with Gasteiger partial charge in [-0.3, -0.25) is 4.40 Å². The molecule has 2 aromatic heterocycles. The Bertz CT molecular complexity index is 1510. The fourth-order valence-electron chi connectivity index (χ4n) is 4.13. The summed E-state index contributed by atoms with van der Waals surface area (Å²) in [6, 6.07) is 31.5. The van der Waals surface area contributed by atoms with E-state index in [1.165, 1.54) is 21.7 Å². The van der Waals surface area contributed by atoms with Gasteiger partial charge in [0.2, 0.25) is 0 Å². The van der Waals surface area contributed by atoms with Gasteiger partial charge in [-0.1, -0.05) is 72.3 Å². The SMILES string of the molecule is Clc1ccc(-c2ccc3c4ccccc4c4nc5ccccc5n4c3c2)cc1. The summed E-state index contributed by atoms with van der Waals surface area (Å²) in [5.41, 5.74) is 6.61. The molecule has 2 heterocycles. The molecule has 0 saturated heterocycles. The molecule has 0 bridgehead atoms. The lowest BCUT2D eigenvalue weighted by Gasteiger charge is -2.11. The normalized spacial score (nSPS) is 11.8. The van der Waals surface area contributed by atoms with Crippen molar-refractivity contribution in [2.24, 2.45) is 0 Å². The second-order valence-electron chi connectivity index (χ2n) is 7.04. The van der Waals surface area contributed by atoms with E-state index in [1.807, 2.05) is 18.2 Å². The van der Waals surface area contributed by atoms with Gasteiger partial charge in [0.1, 0.15) is 5.65 Å². The van der Waals surface area contributed by atoms with Crippen LogP contribution in [0.2, 0.25) is 5.02 Å². The Morgan fingerprint density at radius 1 is 0.607 bits per heavy atom. The third-order valence-electron chi connectivity index (χ3n) is 5.44. The Morgan fingerprint density at radius 3 is 2.18 bits per heavy atom. The van der Waals surface area contributed by atoms with Crippen molar-refractivity contribution in [1.82, 2.24) is 9.38 Å². The topological polar surface area (TPSA) is 17.3 Å². The second kappa shape index (κ2) is 5.82. The van der Waals surface area contributed by atoms with Crippen LogP contribution < -0.4 is 0 Å². The molecular weight excluding hydrogens is 364 g/mol. The first-order valence-corrected chi connectivity index (χ1v) is 9.65. The van der Waals surface area contributed by atoms with Crippen molar-refractivity contribution in [3.8, 4) is 11.1 Å². The zero-order valence-electron chi connectivity index (χ0n) is 14.9. The van der Waals surface area contributed by atoms with E-state index >= 15 is 0 Å². The third-order valence-corrected chi connectivity index (χ3v) is 5.69. The van der Waals surface area contributed by atoms with Crippen LogP contribution in [0.5, 0.6) is 0 Å². The van der Waals surface area contributed by atoms with Crippen LogP contribution >= 0.6 is 11.6 Å². The summed E-state index contributed by atoms with van der Waals surface area (Å²) in [5.74, 6) is 0. The molecule has 6 aromatic rings. The summed E-state index contributed by atoms with van der Waals surface area (Å²) in [4.78, 5) is 4.95. The van der Waals surface area contributed by atoms with E-state index in [-0.39, 0.29) is 0 Å². The number of imidazole rings is 1. The molecule has 6 rings (SSSR count). The van der Waals surface area contributed by atoms with E-state index in [4.69, 9.17) is 16.6 Å². The van der Waals surface area contributed by atoms with Crippen LogP contribution in [0.3, 0.4) is 0 Å². The highest BCUT2D eigenvalue weighted by molar-refractivity contribution is 6.30. The number of hydrogen-bond donors (Lipinski definition) is 0. The molecular formula is C25H15ClN2. The first kappa shape index (κ1) is 15.7. The predicted octanol–water partition coefficient (Wildman–Crippen LogP) is 7.11. The van der Waals surface area contributed by atoms with Crippen LogP contribution in [-0.4, -0.2) is 9.38 Å². The van der Waals surface area contributed by atoms with Crippen molar-refractivity contribution < 1.29 is 0 Å². The molecule has 0 aliphatic carbocycles. The van der Waals surface area contributed by atoms with E-state index < -0.39 is 0 Å². The minimum Gasteiger partial charge on any atom is -0.292 e. The van der Waals surface area contributed by atoms with Crippen molar-refractivity contribution in [1.29, 1.82) is 0 Å². The number of halogens is 1. The van der Waals surface area contributed by atoms with E-state index in [0.29, 0.717) is 0 Å². The largest absolute Gasteiger partial charge is 0.292 e. The van der Waals surface area contributed by atoms with Gasteiger partial charge in [-0.25, -0.2) is 4.98 Å². The predicted molar refractivity (Wildman–Crippen MR) is 118 cm³/mol. The lowest BCUT2D eigenvalue weighted by molar-refractivity contribution is 1.31. The summed E-state index contributed by atoms with van der Waals surface area (Å²) >= 11 is 6.08. The molecule has 0 atom stereocenters. The van der Waals surface area contributed by atoms with Crippen LogP contribution in [0.15, 0.2) is 91.0 Å². The Hall–Kier alpha value is -3.36. The minimum atomic E-state index is 0.749. The molecule has 0 fully saturated rings. The number of rotatable bonds is 1. The molecule has 3 heteroatoms. The Morgan fingerprint density at radius 2 is 1.32 bits per heavy atom. The van der Waals surface area contributed by atoms with E-state index in [1.54, 1.807) is 0 Å². The van der Waals surface area contributed by atoms with Crippen molar-refractivity contribution in [3.05, 3.63) is 96.0 Å². The van der Waals surface area contributed by atoms with Crippen molar-refractivity contribution >= 4 is 50.0 Å². The molecule has 0 radical (unpaired) electrons. The van der Waals surface area contributed by atoms with Crippen molar-refractivity contribution in [3.63, 3.8) is 0 Å². The third kappa shape index (κ3) is 2.19. The molecule has 2 nitrogen and oxygen atoms in total. The Labute approximate surface area is 166 Å². The molecule has 28 heavy (non-hydrogen) atoms. The van der Waals surface area contributed by atoms with Crippen molar-refractivity contribution in [2.75, 3.05) is 0 Å². The monoisotopic (exact) mass is 378 g/mol. The number of aromatic nitrogens is 2. The lowest BCUT2D eigenvalue weighted by Crippen LogP contribution is -1.92. The molecule has 0 amide bonds. The highest BCUT2D eigenvalue weighted by atomic mass is 35.5. The van der Waals surface area contributed by atoms with Gasteiger partial charge in [0, 0.05) is 15.8 Å². The molecule has 0 aliphatic rings. The number of para-hydroxylation sites is 2. The van der Waals surface area contributed by atoms with Crippen LogP contribution in [0, 0.1) is 0 Å². The fourth-order valence-corrected chi connectivity index (χ4v) is 4.26. The summed E-state index contributed by atoms with van der Waals surface area (Å²) < 4.78 is 2.28. The van der Waals surface area contributed by atoms with Crippen LogP contribution in [0.25, 0.3) is 49.5 Å². The van der Waals surface area contributed by atoms with Gasteiger partial charge < -0.3 is 0 Å². The number of nitrogens with zero attached hydrogens (tertiary/aromatic N) is 2. The molecule has 0 aliphatic heterocycles. The average Bonchev–Trinajstić information content (AvgIpc) is 3.14. The maximum atomic E-state index is 6.08. The van der Waals surface area contributed by atoms with Gasteiger partial charge in [0.25, 0.3) is 0 Å². The number of hydrogen-bond acceptors (Lipinski definition) is 1. The molecule has 0 N–H and O–H groups in total. The maximum absolute atomic E-state index is 6.08. The highest BCUT2D eigenvalue weighted by Gasteiger charge is 2.13. The summed E-state index contributed by atoms with van der Waals surface area (Å²) in [5, 5.41) is 4.37. The standard InChI is InChI=1S/C25H15ClN2/c26-18-12-9-16(10-13-18)17-11-14-20-19-5-1-2-6-21(19)25-27-22-7-3-4-8-23(22)28(25)24(20)15-17/h1-15H. The number of fused-ring (bicyclic) bond motifs is 8. The lowest BCUT2D eigenvalue weighted by atomic mass is 10.0. The average molecular weight is 379 g/mol. The van der Waals surface area contributed by atoms with E-state index in [9.17, 15) is 0 Å². The Balaban J connectivity index is 1.82. The number of pyridine rings is 1. The van der Waals surface area contributed by atoms with Crippen LogP contribution in [0.1, 0.15) is 0 Å². The molecule has 132 valence electrons. The van der Waals surface area contributed by atoms with Gasteiger partial charge in [-0.05, 0) is 46.8 Å². The quantitative estimate of drug-likeness (QED) is 0.278. The fraction of sp³-hybridized carbons (Fsp3) is 0. The van der Waals surface area contributed by atoms with Gasteiger partial charge in [-0.2, -0.15) is 0 Å². The number of benzene rings is 4. The Kier molecular flexibility index (Phi) is 3.26. The van der Waals surface area contributed by atoms with Gasteiger partial charge in [-0.15, -0.1) is 0 Å². The summed E-state index contributed by atoms with van der Waals surface area (Å²) in [6.07, 6.45) is 0. The summed E-state index contributed by atoms with van der Waals surface area (Å²) in [7, 11) is 0. The van der Waals surface area contributed by atoms with Crippen molar-refractivity contribution in [2.45, 2.75) is 0 Å². The molecule has 0 saturated carbocycles. The maximum Gasteiger partial charge on any atom is 0.146 e. The van der Waals surface area contributed by atoms with E-state index in [2.05, 4.69) is 77.2 Å².